The Morgan fingerprint density at radius 2 is 1.70 bits per heavy atom. The molecule has 1 aromatic carbocycles. The third-order valence-corrected chi connectivity index (χ3v) is 8.96. The van der Waals surface area contributed by atoms with Gasteiger partial charge in [-0.1, -0.05) is 12.1 Å². The lowest BCUT2D eigenvalue weighted by Crippen LogP contribution is -2.45. The molecule has 0 spiro atoms. The maximum absolute atomic E-state index is 13.2. The van der Waals surface area contributed by atoms with E-state index in [1.54, 1.807) is 16.2 Å². The number of aliphatic carboxylic acids is 1. The van der Waals surface area contributed by atoms with Gasteiger partial charge in [-0.05, 0) is 82.6 Å². The van der Waals surface area contributed by atoms with Crippen molar-refractivity contribution < 1.29 is 32.7 Å². The number of carbonyl (C=O) groups is 3. The Labute approximate surface area is 247 Å². The minimum absolute atomic E-state index is 0.212. The van der Waals surface area contributed by atoms with Crippen molar-refractivity contribution in [2.75, 3.05) is 26.7 Å². The van der Waals surface area contributed by atoms with E-state index in [1.165, 1.54) is 19.4 Å². The first-order valence-corrected chi connectivity index (χ1v) is 14.8. The summed E-state index contributed by atoms with van der Waals surface area (Å²) < 4.78 is 35.0. The minimum Gasteiger partial charge on any atom is -0.475 e. The molecule has 238 valence electrons. The summed E-state index contributed by atoms with van der Waals surface area (Å²) >= 11 is 0. The van der Waals surface area contributed by atoms with Gasteiger partial charge >= 0.3 is 17.8 Å². The van der Waals surface area contributed by atoms with Gasteiger partial charge in [-0.2, -0.15) is 13.2 Å². The number of aryl methyl sites for hydroxylation is 1. The predicted molar refractivity (Wildman–Crippen MR) is 153 cm³/mol. The number of halogens is 3. The monoisotopic (exact) mass is 610 g/mol. The molecular weight excluding hydrogens is 569 g/mol. The summed E-state index contributed by atoms with van der Waals surface area (Å²) in [5.74, 6) is -2.65. The molecule has 2 aromatic rings. The molecule has 2 aliphatic heterocycles. The fourth-order valence-electron chi connectivity index (χ4n) is 6.56. The van der Waals surface area contributed by atoms with Crippen molar-refractivity contribution in [1.82, 2.24) is 24.3 Å². The Bertz CT molecular complexity index is 1370. The zero-order valence-corrected chi connectivity index (χ0v) is 24.6. The number of para-hydroxylation sites is 1. The van der Waals surface area contributed by atoms with Crippen molar-refractivity contribution in [3.05, 3.63) is 34.2 Å². The van der Waals surface area contributed by atoms with Gasteiger partial charge < -0.3 is 15.7 Å². The van der Waals surface area contributed by atoms with Gasteiger partial charge in [-0.3, -0.25) is 28.9 Å². The van der Waals surface area contributed by atoms with Crippen LogP contribution in [0, 0.1) is 5.92 Å². The molecule has 5 rings (SSSR count). The third kappa shape index (κ3) is 7.84. The molecule has 1 aromatic heterocycles. The summed E-state index contributed by atoms with van der Waals surface area (Å²) in [4.78, 5) is 51.3. The van der Waals surface area contributed by atoms with E-state index < -0.39 is 24.1 Å². The Hall–Kier alpha value is -3.23. The van der Waals surface area contributed by atoms with Gasteiger partial charge in [0, 0.05) is 38.6 Å². The van der Waals surface area contributed by atoms with E-state index in [2.05, 4.69) is 28.2 Å². The second-order valence-electron chi connectivity index (χ2n) is 12.0. The molecule has 43 heavy (non-hydrogen) atoms. The van der Waals surface area contributed by atoms with Gasteiger partial charge in [0.2, 0.25) is 11.8 Å². The van der Waals surface area contributed by atoms with Crippen LogP contribution in [0.2, 0.25) is 0 Å². The van der Waals surface area contributed by atoms with Gasteiger partial charge in [-0.25, -0.2) is 9.59 Å². The van der Waals surface area contributed by atoms with Crippen LogP contribution in [0.25, 0.3) is 11.0 Å². The Morgan fingerprint density at radius 1 is 1.07 bits per heavy atom. The van der Waals surface area contributed by atoms with E-state index in [9.17, 15) is 27.6 Å². The first-order valence-electron chi connectivity index (χ1n) is 14.8. The standard InChI is InChI=1S/C27H40N6O3.C2HF3O2/c1-30(16-18-6-8-20(28)9-7-18)21-12-14-32(15-13-21)17-19-4-3-5-22-25(19)31(2)27(36)33(22)23-10-11-24(34)29-26(23)35;3-2(4,5)1(6)7/h3-5,18,20-21,23H,6-17,28H2,1-2H3,(H,29,34,35);(H,6,7). The van der Waals surface area contributed by atoms with E-state index in [4.69, 9.17) is 15.6 Å². The highest BCUT2D eigenvalue weighted by atomic mass is 19.4. The third-order valence-electron chi connectivity index (χ3n) is 8.96. The molecule has 3 heterocycles. The molecule has 2 saturated heterocycles. The average Bonchev–Trinajstić information content (AvgIpc) is 3.20. The highest BCUT2D eigenvalue weighted by molar-refractivity contribution is 6.00. The summed E-state index contributed by atoms with van der Waals surface area (Å²) in [5.41, 5.74) is 8.61. The molecule has 1 aliphatic carbocycles. The summed E-state index contributed by atoms with van der Waals surface area (Å²) in [6, 6.07) is 6.33. The van der Waals surface area contributed by atoms with Crippen molar-refractivity contribution in [3.63, 3.8) is 0 Å². The number of hydrogen-bond donors (Lipinski definition) is 3. The zero-order valence-electron chi connectivity index (χ0n) is 24.6. The number of likely N-dealkylation sites (tertiary alicyclic amines) is 1. The zero-order chi connectivity index (χ0) is 31.5. The Balaban J connectivity index is 0.000000541. The SMILES string of the molecule is CN(CC1CCC(N)CC1)C1CCN(Cc2cccc3c2n(C)c(=O)n3C2CCC(=O)NC2=O)CC1.O=C(O)C(F)(F)F. The van der Waals surface area contributed by atoms with Crippen LogP contribution in [0.4, 0.5) is 13.2 Å². The number of amides is 2. The maximum Gasteiger partial charge on any atom is 0.490 e. The summed E-state index contributed by atoms with van der Waals surface area (Å²) in [7, 11) is 4.05. The fraction of sp³-hybridized carbons (Fsp3) is 0.655. The number of nitrogens with two attached hydrogens (primary N) is 1. The van der Waals surface area contributed by atoms with Gasteiger partial charge in [0.1, 0.15) is 6.04 Å². The Morgan fingerprint density at radius 3 is 2.28 bits per heavy atom. The second-order valence-corrected chi connectivity index (χ2v) is 12.0. The number of carboxylic acids is 1. The number of fused-ring (bicyclic) bond motifs is 1. The van der Waals surface area contributed by atoms with Gasteiger partial charge in [0.25, 0.3) is 0 Å². The predicted octanol–water partition coefficient (Wildman–Crippen LogP) is 2.36. The number of benzene rings is 1. The number of alkyl halides is 3. The Kier molecular flexibility index (Phi) is 10.3. The smallest absolute Gasteiger partial charge is 0.475 e. The van der Waals surface area contributed by atoms with Crippen molar-refractivity contribution in [2.45, 2.75) is 82.2 Å². The van der Waals surface area contributed by atoms with Gasteiger partial charge in [0.15, 0.2) is 0 Å². The minimum atomic E-state index is -5.08. The van der Waals surface area contributed by atoms with Gasteiger partial charge in [-0.15, -0.1) is 0 Å². The molecule has 14 heteroatoms. The molecule has 11 nitrogen and oxygen atoms in total. The van der Waals surface area contributed by atoms with Crippen LogP contribution < -0.4 is 16.7 Å². The second kappa shape index (κ2) is 13.6. The van der Waals surface area contributed by atoms with Crippen LogP contribution in [-0.4, -0.2) is 86.8 Å². The number of carboxylic acid groups (broad SMARTS) is 1. The molecule has 0 bridgehead atoms. The van der Waals surface area contributed by atoms with Crippen LogP contribution in [-0.2, 0) is 28.0 Å². The normalized spacial score (nSPS) is 24.1. The molecule has 1 saturated carbocycles. The molecule has 1 unspecified atom stereocenters. The molecule has 3 fully saturated rings. The molecular formula is C29H41F3N6O5. The number of piperidine rings is 2. The number of nitrogens with zero attached hydrogens (tertiary/aromatic N) is 4. The number of hydrogen-bond acceptors (Lipinski definition) is 7. The quantitative estimate of drug-likeness (QED) is 0.423. The van der Waals surface area contributed by atoms with E-state index in [-0.39, 0.29) is 18.0 Å². The van der Waals surface area contributed by atoms with Crippen LogP contribution in [0.5, 0.6) is 0 Å². The highest BCUT2D eigenvalue weighted by Crippen LogP contribution is 2.28. The summed E-state index contributed by atoms with van der Waals surface area (Å²) in [5, 5.41) is 9.51. The summed E-state index contributed by atoms with van der Waals surface area (Å²) in [6.45, 7) is 4.01. The van der Waals surface area contributed by atoms with Crippen molar-refractivity contribution >= 4 is 28.8 Å². The fourth-order valence-corrected chi connectivity index (χ4v) is 6.56. The van der Waals surface area contributed by atoms with Crippen molar-refractivity contribution in [3.8, 4) is 0 Å². The molecule has 1 atom stereocenters. The lowest BCUT2D eigenvalue weighted by molar-refractivity contribution is -0.192. The largest absolute Gasteiger partial charge is 0.490 e. The van der Waals surface area contributed by atoms with Gasteiger partial charge in [0.05, 0.1) is 11.0 Å². The topological polar surface area (TPSA) is 143 Å². The average molecular weight is 611 g/mol. The maximum atomic E-state index is 13.2. The van der Waals surface area contributed by atoms with E-state index in [0.717, 1.165) is 67.8 Å². The van der Waals surface area contributed by atoms with E-state index in [0.29, 0.717) is 18.5 Å². The van der Waals surface area contributed by atoms with E-state index in [1.807, 2.05) is 12.1 Å². The highest BCUT2D eigenvalue weighted by Gasteiger charge is 2.38. The molecule has 3 aliphatic rings. The molecule has 0 radical (unpaired) electrons. The van der Waals surface area contributed by atoms with Crippen LogP contribution in [0.15, 0.2) is 23.0 Å². The summed E-state index contributed by atoms with van der Waals surface area (Å²) in [6.07, 6.45) is 2.65. The number of carbonyl (C=O) groups excluding carboxylic acids is 2. The number of aromatic nitrogens is 2. The lowest BCUT2D eigenvalue weighted by Gasteiger charge is -2.39. The van der Waals surface area contributed by atoms with Crippen LogP contribution in [0.3, 0.4) is 0 Å². The molecule has 4 N–H and O–H groups in total. The first-order chi connectivity index (χ1) is 20.3. The number of imide groups is 1. The first kappa shape index (κ1) is 32.7. The number of imidazole rings is 1. The molecule has 2 amide bonds. The van der Waals surface area contributed by atoms with Crippen molar-refractivity contribution in [2.24, 2.45) is 18.7 Å². The lowest BCUT2D eigenvalue weighted by atomic mass is 9.86. The van der Waals surface area contributed by atoms with Crippen LogP contribution in [0.1, 0.15) is 63.0 Å². The van der Waals surface area contributed by atoms with E-state index >= 15 is 0 Å². The van der Waals surface area contributed by atoms with Crippen molar-refractivity contribution in [1.29, 1.82) is 0 Å². The number of rotatable bonds is 6. The number of nitrogens with one attached hydrogen (secondary N) is 1. The van der Waals surface area contributed by atoms with Crippen LogP contribution >= 0.6 is 0 Å².